The number of rotatable bonds is 2. The van der Waals surface area contributed by atoms with E-state index < -0.39 is 11.5 Å². The van der Waals surface area contributed by atoms with E-state index >= 15 is 0 Å². The third-order valence-corrected chi connectivity index (χ3v) is 3.86. The van der Waals surface area contributed by atoms with Crippen LogP contribution in [0.4, 0.5) is 8.78 Å². The number of ether oxygens (including phenoxy) is 1. The van der Waals surface area contributed by atoms with Gasteiger partial charge in [0, 0.05) is 18.4 Å². The second-order valence-electron chi connectivity index (χ2n) is 5.20. The maximum Gasteiger partial charge on any atom is 0.248 e. The van der Waals surface area contributed by atoms with Crippen molar-refractivity contribution >= 4 is 0 Å². The van der Waals surface area contributed by atoms with Crippen LogP contribution in [-0.2, 0) is 5.54 Å². The Morgan fingerprint density at radius 3 is 2.33 bits per heavy atom. The van der Waals surface area contributed by atoms with Crippen molar-refractivity contribution in [1.29, 1.82) is 0 Å². The van der Waals surface area contributed by atoms with E-state index in [1.165, 1.54) is 0 Å². The zero-order chi connectivity index (χ0) is 13.4. The lowest BCUT2D eigenvalue weighted by atomic mass is 9.76. The quantitative estimate of drug-likeness (QED) is 0.879. The average Bonchev–Trinajstić information content (AvgIpc) is 2.34. The molecule has 1 aliphatic rings. The minimum atomic E-state index is -2.56. The molecule has 0 atom stereocenters. The highest BCUT2D eigenvalue weighted by molar-refractivity contribution is 5.39. The minimum Gasteiger partial charge on any atom is -0.496 e. The number of halogens is 2. The van der Waals surface area contributed by atoms with E-state index in [-0.39, 0.29) is 12.8 Å². The molecule has 4 heteroatoms. The first-order valence-corrected chi connectivity index (χ1v) is 6.18. The van der Waals surface area contributed by atoms with Crippen LogP contribution in [0.25, 0.3) is 0 Å². The Labute approximate surface area is 106 Å². The van der Waals surface area contributed by atoms with Gasteiger partial charge in [0.25, 0.3) is 0 Å². The molecule has 0 amide bonds. The number of alkyl halides is 2. The molecule has 0 saturated heterocycles. The van der Waals surface area contributed by atoms with Gasteiger partial charge >= 0.3 is 0 Å². The van der Waals surface area contributed by atoms with Crippen molar-refractivity contribution in [2.45, 2.75) is 44.1 Å². The van der Waals surface area contributed by atoms with Crippen molar-refractivity contribution < 1.29 is 13.5 Å². The second-order valence-corrected chi connectivity index (χ2v) is 5.20. The van der Waals surface area contributed by atoms with E-state index in [0.717, 1.165) is 16.9 Å². The first-order valence-electron chi connectivity index (χ1n) is 6.18. The van der Waals surface area contributed by atoms with E-state index in [2.05, 4.69) is 0 Å². The molecule has 2 nitrogen and oxygen atoms in total. The number of hydrogen-bond donors (Lipinski definition) is 1. The molecule has 0 aliphatic heterocycles. The smallest absolute Gasteiger partial charge is 0.248 e. The summed E-state index contributed by atoms with van der Waals surface area (Å²) in [6.07, 6.45) is 0.345. The summed E-state index contributed by atoms with van der Waals surface area (Å²) in [6.45, 7) is 1.95. The van der Waals surface area contributed by atoms with Crippen LogP contribution in [-0.4, -0.2) is 13.0 Å². The number of hydrogen-bond acceptors (Lipinski definition) is 2. The Morgan fingerprint density at radius 2 is 1.78 bits per heavy atom. The molecule has 2 rings (SSSR count). The molecule has 1 saturated carbocycles. The van der Waals surface area contributed by atoms with Gasteiger partial charge in [-0.25, -0.2) is 8.78 Å². The molecule has 18 heavy (non-hydrogen) atoms. The van der Waals surface area contributed by atoms with Gasteiger partial charge < -0.3 is 10.5 Å². The van der Waals surface area contributed by atoms with Gasteiger partial charge in [0.2, 0.25) is 5.92 Å². The van der Waals surface area contributed by atoms with Crippen molar-refractivity contribution in [2.75, 3.05) is 7.11 Å². The molecule has 1 aromatic carbocycles. The first-order chi connectivity index (χ1) is 8.36. The molecule has 2 N–H and O–H groups in total. The van der Waals surface area contributed by atoms with Crippen molar-refractivity contribution in [3.05, 3.63) is 29.3 Å². The van der Waals surface area contributed by atoms with E-state index in [4.69, 9.17) is 10.5 Å². The standard InChI is InChI=1S/C14H19F2NO/c1-10-3-4-11(9-12(10)18-2)13(17)5-7-14(15,16)8-6-13/h3-4,9H,5-8,17H2,1-2H3. The molecule has 0 radical (unpaired) electrons. The van der Waals surface area contributed by atoms with Crippen LogP contribution in [0, 0.1) is 6.92 Å². The molecule has 0 heterocycles. The molecule has 1 aliphatic carbocycles. The van der Waals surface area contributed by atoms with E-state index in [0.29, 0.717) is 12.8 Å². The largest absolute Gasteiger partial charge is 0.496 e. The minimum absolute atomic E-state index is 0.139. The van der Waals surface area contributed by atoms with Gasteiger partial charge in [0.05, 0.1) is 7.11 Å². The average molecular weight is 255 g/mol. The SMILES string of the molecule is COc1cc(C2(N)CCC(F)(F)CC2)ccc1C. The first kappa shape index (κ1) is 13.3. The van der Waals surface area contributed by atoms with Crippen molar-refractivity contribution in [3.63, 3.8) is 0 Å². The second kappa shape index (κ2) is 4.50. The van der Waals surface area contributed by atoms with E-state index in [1.807, 2.05) is 25.1 Å². The number of benzene rings is 1. The number of nitrogens with two attached hydrogens (primary N) is 1. The van der Waals surface area contributed by atoms with Gasteiger partial charge in [0.15, 0.2) is 0 Å². The highest BCUT2D eigenvalue weighted by atomic mass is 19.3. The Hall–Kier alpha value is -1.16. The molecule has 0 bridgehead atoms. The Balaban J connectivity index is 2.26. The van der Waals surface area contributed by atoms with Gasteiger partial charge in [0.1, 0.15) is 5.75 Å². The molecular formula is C14H19F2NO. The fourth-order valence-electron chi connectivity index (χ4n) is 2.48. The Bertz CT molecular complexity index is 435. The van der Waals surface area contributed by atoms with Crippen LogP contribution in [0.1, 0.15) is 36.8 Å². The maximum absolute atomic E-state index is 13.2. The number of aryl methyl sites for hydroxylation is 1. The topological polar surface area (TPSA) is 35.2 Å². The summed E-state index contributed by atoms with van der Waals surface area (Å²) in [5, 5.41) is 0. The zero-order valence-electron chi connectivity index (χ0n) is 10.8. The predicted octanol–water partition coefficient (Wildman–Crippen LogP) is 3.37. The highest BCUT2D eigenvalue weighted by Crippen LogP contribution is 2.43. The monoisotopic (exact) mass is 255 g/mol. The van der Waals surface area contributed by atoms with Gasteiger partial charge in [-0.3, -0.25) is 0 Å². The van der Waals surface area contributed by atoms with Crippen LogP contribution in [0.5, 0.6) is 5.75 Å². The Morgan fingerprint density at radius 1 is 1.17 bits per heavy atom. The van der Waals surface area contributed by atoms with Crippen molar-refractivity contribution in [1.82, 2.24) is 0 Å². The van der Waals surface area contributed by atoms with Crippen molar-refractivity contribution in [2.24, 2.45) is 5.73 Å². The lowest BCUT2D eigenvalue weighted by molar-refractivity contribution is -0.0514. The van der Waals surface area contributed by atoms with E-state index in [1.54, 1.807) is 7.11 Å². The summed E-state index contributed by atoms with van der Waals surface area (Å²) in [7, 11) is 1.60. The van der Waals surface area contributed by atoms with Crippen LogP contribution in [0.15, 0.2) is 18.2 Å². The molecule has 100 valence electrons. The summed E-state index contributed by atoms with van der Waals surface area (Å²) < 4.78 is 31.6. The van der Waals surface area contributed by atoms with Gasteiger partial charge in [-0.15, -0.1) is 0 Å². The molecule has 0 unspecified atom stereocenters. The van der Waals surface area contributed by atoms with Crippen molar-refractivity contribution in [3.8, 4) is 5.75 Å². The summed E-state index contributed by atoms with van der Waals surface area (Å²) in [5.74, 6) is -1.80. The van der Waals surface area contributed by atoms with Gasteiger partial charge in [-0.05, 0) is 37.0 Å². The fourth-order valence-corrected chi connectivity index (χ4v) is 2.48. The van der Waals surface area contributed by atoms with E-state index in [9.17, 15) is 8.78 Å². The van der Waals surface area contributed by atoms with Crippen LogP contribution >= 0.6 is 0 Å². The molecule has 0 aromatic heterocycles. The summed E-state index contributed by atoms with van der Waals surface area (Å²) >= 11 is 0. The molecule has 1 fully saturated rings. The number of methoxy groups -OCH3 is 1. The lowest BCUT2D eigenvalue weighted by Crippen LogP contribution is -2.43. The fraction of sp³-hybridized carbons (Fsp3) is 0.571. The third-order valence-electron chi connectivity index (χ3n) is 3.86. The normalized spacial score (nSPS) is 21.6. The Kier molecular flexibility index (Phi) is 3.32. The maximum atomic E-state index is 13.2. The lowest BCUT2D eigenvalue weighted by Gasteiger charge is -2.37. The van der Waals surface area contributed by atoms with Gasteiger partial charge in [-0.1, -0.05) is 12.1 Å². The molecule has 1 aromatic rings. The molecule has 0 spiro atoms. The van der Waals surface area contributed by atoms with Gasteiger partial charge in [-0.2, -0.15) is 0 Å². The third kappa shape index (κ3) is 2.48. The van der Waals surface area contributed by atoms with Crippen LogP contribution < -0.4 is 10.5 Å². The highest BCUT2D eigenvalue weighted by Gasteiger charge is 2.42. The summed E-state index contributed by atoms with van der Waals surface area (Å²) in [4.78, 5) is 0. The van der Waals surface area contributed by atoms with Crippen LogP contribution in [0.2, 0.25) is 0 Å². The van der Waals surface area contributed by atoms with Crippen LogP contribution in [0.3, 0.4) is 0 Å². The summed E-state index contributed by atoms with van der Waals surface area (Å²) in [6, 6.07) is 5.72. The predicted molar refractivity (Wildman–Crippen MR) is 67.0 cm³/mol. The summed E-state index contributed by atoms with van der Waals surface area (Å²) in [5.41, 5.74) is 7.54. The zero-order valence-corrected chi connectivity index (χ0v) is 10.8. The molecular weight excluding hydrogens is 236 g/mol.